The SMILES string of the molecule is C[C@H]1Oc2ccccc2O[C@@H]1C(=O)OCc1nc(N)nc(N)n1. The van der Waals surface area contributed by atoms with Crippen LogP contribution < -0.4 is 20.9 Å². The number of hydrogen-bond donors (Lipinski definition) is 2. The fourth-order valence-corrected chi connectivity index (χ4v) is 2.12. The number of carbonyl (C=O) groups is 1. The number of nitrogen functional groups attached to an aromatic ring is 2. The fourth-order valence-electron chi connectivity index (χ4n) is 2.12. The van der Waals surface area contributed by atoms with E-state index in [0.717, 1.165) is 0 Å². The van der Waals surface area contributed by atoms with Gasteiger partial charge in [-0.15, -0.1) is 0 Å². The van der Waals surface area contributed by atoms with Crippen LogP contribution in [0.1, 0.15) is 12.7 Å². The van der Waals surface area contributed by atoms with E-state index in [1.54, 1.807) is 25.1 Å². The van der Waals surface area contributed by atoms with Crippen molar-refractivity contribution in [3.05, 3.63) is 30.1 Å². The molecule has 0 saturated carbocycles. The van der Waals surface area contributed by atoms with Crippen molar-refractivity contribution in [2.75, 3.05) is 11.5 Å². The number of nitrogens with two attached hydrogens (primary N) is 2. The number of rotatable bonds is 3. The highest BCUT2D eigenvalue weighted by Crippen LogP contribution is 2.33. The summed E-state index contributed by atoms with van der Waals surface area (Å²) < 4.78 is 16.4. The van der Waals surface area contributed by atoms with Crippen LogP contribution in [0.4, 0.5) is 11.9 Å². The molecule has 0 unspecified atom stereocenters. The smallest absolute Gasteiger partial charge is 0.351 e. The average Bonchev–Trinajstić information content (AvgIpc) is 2.51. The number of carbonyl (C=O) groups excluding carboxylic acids is 1. The second kappa shape index (κ2) is 5.95. The molecule has 23 heavy (non-hydrogen) atoms. The Morgan fingerprint density at radius 2 is 1.74 bits per heavy atom. The van der Waals surface area contributed by atoms with Gasteiger partial charge in [0.2, 0.25) is 18.0 Å². The van der Waals surface area contributed by atoms with Crippen LogP contribution in [0, 0.1) is 0 Å². The van der Waals surface area contributed by atoms with E-state index in [9.17, 15) is 4.79 Å². The summed E-state index contributed by atoms with van der Waals surface area (Å²) in [7, 11) is 0. The van der Waals surface area contributed by atoms with Crippen LogP contribution in [0.15, 0.2) is 24.3 Å². The summed E-state index contributed by atoms with van der Waals surface area (Å²) >= 11 is 0. The van der Waals surface area contributed by atoms with Gasteiger partial charge in [0.05, 0.1) is 0 Å². The van der Waals surface area contributed by atoms with Gasteiger partial charge in [-0.1, -0.05) is 12.1 Å². The molecule has 1 aromatic carbocycles. The van der Waals surface area contributed by atoms with Crippen LogP contribution in [-0.4, -0.2) is 33.1 Å². The van der Waals surface area contributed by atoms with Crippen LogP contribution in [-0.2, 0) is 16.1 Å². The zero-order chi connectivity index (χ0) is 16.4. The highest BCUT2D eigenvalue weighted by molar-refractivity contribution is 5.76. The quantitative estimate of drug-likeness (QED) is 0.766. The second-order valence-electron chi connectivity index (χ2n) is 4.88. The summed E-state index contributed by atoms with van der Waals surface area (Å²) in [5.74, 6) is 0.562. The lowest BCUT2D eigenvalue weighted by molar-refractivity contribution is -0.159. The van der Waals surface area contributed by atoms with Gasteiger partial charge >= 0.3 is 5.97 Å². The van der Waals surface area contributed by atoms with Crippen molar-refractivity contribution < 1.29 is 19.0 Å². The Kier molecular flexibility index (Phi) is 3.83. The maximum Gasteiger partial charge on any atom is 0.351 e. The third-order valence-corrected chi connectivity index (χ3v) is 3.13. The molecule has 0 aliphatic carbocycles. The zero-order valence-corrected chi connectivity index (χ0v) is 12.3. The number of hydrogen-bond acceptors (Lipinski definition) is 9. The minimum atomic E-state index is -0.888. The summed E-state index contributed by atoms with van der Waals surface area (Å²) in [4.78, 5) is 23.5. The summed E-state index contributed by atoms with van der Waals surface area (Å²) in [5, 5.41) is 0. The first-order valence-corrected chi connectivity index (χ1v) is 6.88. The lowest BCUT2D eigenvalue weighted by atomic mass is 10.2. The van der Waals surface area contributed by atoms with Gasteiger partial charge in [0.25, 0.3) is 0 Å². The number of nitrogens with zero attached hydrogens (tertiary/aromatic N) is 3. The lowest BCUT2D eigenvalue weighted by Crippen LogP contribution is -2.44. The van der Waals surface area contributed by atoms with E-state index in [1.165, 1.54) is 0 Å². The molecule has 0 fully saturated rings. The highest BCUT2D eigenvalue weighted by atomic mass is 16.6. The van der Waals surface area contributed by atoms with Gasteiger partial charge in [0.1, 0.15) is 6.10 Å². The molecule has 2 heterocycles. The summed E-state index contributed by atoms with van der Waals surface area (Å²) in [6.07, 6.45) is -1.38. The van der Waals surface area contributed by atoms with Gasteiger partial charge in [-0.05, 0) is 19.1 Å². The monoisotopic (exact) mass is 317 g/mol. The van der Waals surface area contributed by atoms with Gasteiger partial charge < -0.3 is 25.7 Å². The predicted octanol–water partition coefficient (Wildman–Crippen LogP) is 0.308. The van der Waals surface area contributed by atoms with Crippen LogP contribution in [0.5, 0.6) is 11.5 Å². The molecular formula is C14H15N5O4. The average molecular weight is 317 g/mol. The van der Waals surface area contributed by atoms with E-state index in [-0.39, 0.29) is 24.3 Å². The van der Waals surface area contributed by atoms with E-state index in [1.807, 2.05) is 6.07 Å². The zero-order valence-electron chi connectivity index (χ0n) is 12.3. The molecule has 120 valence electrons. The number of aromatic nitrogens is 3. The van der Waals surface area contributed by atoms with Crippen LogP contribution >= 0.6 is 0 Å². The predicted molar refractivity (Wildman–Crippen MR) is 79.4 cm³/mol. The van der Waals surface area contributed by atoms with Gasteiger partial charge in [-0.25, -0.2) is 4.79 Å². The van der Waals surface area contributed by atoms with Crippen molar-refractivity contribution in [3.8, 4) is 11.5 Å². The number of anilines is 2. The number of ether oxygens (including phenoxy) is 3. The number of para-hydroxylation sites is 2. The first kappa shape index (κ1) is 14.8. The molecule has 1 aromatic heterocycles. The molecule has 1 aliphatic heterocycles. The largest absolute Gasteiger partial charge is 0.482 e. The van der Waals surface area contributed by atoms with E-state index < -0.39 is 18.2 Å². The topological polar surface area (TPSA) is 135 Å². The van der Waals surface area contributed by atoms with Gasteiger partial charge in [-0.2, -0.15) is 15.0 Å². The summed E-state index contributed by atoms with van der Waals surface area (Å²) in [6.45, 7) is 1.53. The first-order chi connectivity index (χ1) is 11.0. The minimum absolute atomic E-state index is 0.0388. The van der Waals surface area contributed by atoms with Crippen molar-refractivity contribution in [1.29, 1.82) is 0 Å². The summed E-state index contributed by atoms with van der Waals surface area (Å²) in [6, 6.07) is 7.10. The fraction of sp³-hybridized carbons (Fsp3) is 0.286. The first-order valence-electron chi connectivity index (χ1n) is 6.88. The van der Waals surface area contributed by atoms with E-state index in [0.29, 0.717) is 11.5 Å². The molecule has 0 bridgehead atoms. The molecule has 2 aromatic rings. The normalized spacial score (nSPS) is 19.2. The van der Waals surface area contributed by atoms with Gasteiger partial charge in [0.15, 0.2) is 23.9 Å². The molecule has 0 spiro atoms. The second-order valence-corrected chi connectivity index (χ2v) is 4.88. The Morgan fingerprint density at radius 1 is 1.13 bits per heavy atom. The standard InChI is InChI=1S/C14H15N5O4/c1-7-11(23-9-5-3-2-4-8(9)22-7)12(20)21-6-10-17-13(15)19-14(16)18-10/h2-5,7,11H,6H2,1H3,(H4,15,16,17,18,19)/t7-,11+/m1/s1. The van der Waals surface area contributed by atoms with E-state index >= 15 is 0 Å². The Bertz CT molecular complexity index is 719. The number of fused-ring (bicyclic) bond motifs is 1. The Balaban J connectivity index is 1.66. The molecular weight excluding hydrogens is 302 g/mol. The van der Waals surface area contributed by atoms with Crippen molar-refractivity contribution >= 4 is 17.9 Å². The maximum atomic E-state index is 12.2. The minimum Gasteiger partial charge on any atom is -0.482 e. The molecule has 1 aliphatic rings. The van der Waals surface area contributed by atoms with E-state index in [2.05, 4.69) is 15.0 Å². The van der Waals surface area contributed by atoms with Crippen molar-refractivity contribution in [2.24, 2.45) is 0 Å². The molecule has 9 nitrogen and oxygen atoms in total. The molecule has 9 heteroatoms. The molecule has 0 saturated heterocycles. The van der Waals surface area contributed by atoms with Gasteiger partial charge in [0, 0.05) is 0 Å². The third kappa shape index (κ3) is 3.23. The molecule has 4 N–H and O–H groups in total. The third-order valence-electron chi connectivity index (χ3n) is 3.13. The highest BCUT2D eigenvalue weighted by Gasteiger charge is 2.35. The lowest BCUT2D eigenvalue weighted by Gasteiger charge is -2.30. The van der Waals surface area contributed by atoms with Crippen LogP contribution in [0.2, 0.25) is 0 Å². The Hall–Kier alpha value is -3.10. The number of esters is 1. The van der Waals surface area contributed by atoms with Crippen molar-refractivity contribution in [1.82, 2.24) is 15.0 Å². The molecule has 0 amide bonds. The molecule has 2 atom stereocenters. The molecule has 0 radical (unpaired) electrons. The Labute approximate surface area is 131 Å². The van der Waals surface area contributed by atoms with Crippen molar-refractivity contribution in [2.45, 2.75) is 25.7 Å². The van der Waals surface area contributed by atoms with Gasteiger partial charge in [-0.3, -0.25) is 0 Å². The van der Waals surface area contributed by atoms with Crippen LogP contribution in [0.3, 0.4) is 0 Å². The Morgan fingerprint density at radius 3 is 2.39 bits per heavy atom. The maximum absolute atomic E-state index is 12.2. The molecule has 3 rings (SSSR count). The number of benzene rings is 1. The summed E-state index contributed by atoms with van der Waals surface area (Å²) in [5.41, 5.74) is 10.9. The van der Waals surface area contributed by atoms with E-state index in [4.69, 9.17) is 25.7 Å². The van der Waals surface area contributed by atoms with Crippen LogP contribution in [0.25, 0.3) is 0 Å². The van der Waals surface area contributed by atoms with Crippen molar-refractivity contribution in [3.63, 3.8) is 0 Å².